The summed E-state index contributed by atoms with van der Waals surface area (Å²) in [6.45, 7) is 2.10. The maximum atomic E-state index is 13.6. The van der Waals surface area contributed by atoms with Gasteiger partial charge in [-0.2, -0.15) is 13.2 Å². The third kappa shape index (κ3) is 9.39. The standard InChI is InChI=1S/C35H35F3N6O5/c36-35(37,38)27-9-5-6-23(19-27)26-21-40-34(41-22-26)43-33(48)29-20-28(44-13-2-1-3-14-44)10-11-30(29)42-32(47)25-8-4-7-24(18-25)31(46)39-12-16-49-17-15-45/h4-11,18-22,45H,1-3,12-17H2,(H,39,46)(H,42,47)(H,40,41,43,48). The van der Waals surface area contributed by atoms with E-state index >= 15 is 0 Å². The summed E-state index contributed by atoms with van der Waals surface area (Å²) in [5.74, 6) is -1.66. The summed E-state index contributed by atoms with van der Waals surface area (Å²) in [4.78, 5) is 50.1. The molecule has 49 heavy (non-hydrogen) atoms. The Morgan fingerprint density at radius 2 is 1.51 bits per heavy atom. The summed E-state index contributed by atoms with van der Waals surface area (Å²) in [5, 5.41) is 16.9. The van der Waals surface area contributed by atoms with Crippen molar-refractivity contribution in [3.63, 3.8) is 0 Å². The summed E-state index contributed by atoms with van der Waals surface area (Å²) >= 11 is 0. The lowest BCUT2D eigenvalue weighted by molar-refractivity contribution is -0.137. The first-order valence-corrected chi connectivity index (χ1v) is 15.7. The number of amides is 3. The normalized spacial score (nSPS) is 13.1. The Hall–Kier alpha value is -5.34. The van der Waals surface area contributed by atoms with Gasteiger partial charge in [0.1, 0.15) is 0 Å². The Bertz CT molecular complexity index is 1780. The lowest BCUT2D eigenvalue weighted by Crippen LogP contribution is -2.30. The minimum absolute atomic E-state index is 0.0816. The zero-order valence-electron chi connectivity index (χ0n) is 26.4. The van der Waals surface area contributed by atoms with Crippen LogP contribution in [0.15, 0.2) is 79.1 Å². The molecule has 1 fully saturated rings. The first-order chi connectivity index (χ1) is 23.6. The van der Waals surface area contributed by atoms with Crippen LogP contribution in [0.5, 0.6) is 0 Å². The number of aromatic nitrogens is 2. The van der Waals surface area contributed by atoms with Crippen molar-refractivity contribution < 1.29 is 37.4 Å². The molecule has 256 valence electrons. The molecule has 0 spiro atoms. The van der Waals surface area contributed by atoms with Crippen molar-refractivity contribution in [1.29, 1.82) is 0 Å². The molecule has 0 unspecified atom stereocenters. The second-order valence-electron chi connectivity index (χ2n) is 11.2. The number of aliphatic hydroxyl groups excluding tert-OH is 1. The lowest BCUT2D eigenvalue weighted by atomic mass is 10.1. The zero-order valence-corrected chi connectivity index (χ0v) is 26.4. The molecule has 4 N–H and O–H groups in total. The second-order valence-corrected chi connectivity index (χ2v) is 11.2. The highest BCUT2D eigenvalue weighted by molar-refractivity contribution is 6.13. The molecule has 5 rings (SSSR count). The summed E-state index contributed by atoms with van der Waals surface area (Å²) in [6, 6.07) is 16.0. The van der Waals surface area contributed by atoms with Crippen molar-refractivity contribution in [3.8, 4) is 11.1 Å². The highest BCUT2D eigenvalue weighted by atomic mass is 19.4. The molecule has 4 aromatic rings. The fourth-order valence-corrected chi connectivity index (χ4v) is 5.27. The van der Waals surface area contributed by atoms with Crippen molar-refractivity contribution >= 4 is 35.0 Å². The second kappa shape index (κ2) is 16.2. The van der Waals surface area contributed by atoms with E-state index in [-0.39, 0.29) is 60.3 Å². The molecule has 14 heteroatoms. The first-order valence-electron chi connectivity index (χ1n) is 15.7. The molecule has 1 aliphatic rings. The highest BCUT2D eigenvalue weighted by Crippen LogP contribution is 2.32. The number of anilines is 3. The molecule has 0 aliphatic carbocycles. The zero-order chi connectivity index (χ0) is 34.8. The van der Waals surface area contributed by atoms with Crippen LogP contribution in [0.3, 0.4) is 0 Å². The molecule has 1 saturated heterocycles. The highest BCUT2D eigenvalue weighted by Gasteiger charge is 2.30. The van der Waals surface area contributed by atoms with Gasteiger partial charge in [-0.25, -0.2) is 9.97 Å². The number of aliphatic hydroxyl groups is 1. The lowest BCUT2D eigenvalue weighted by Gasteiger charge is -2.29. The molecule has 0 bridgehead atoms. The number of ether oxygens (including phenoxy) is 1. The van der Waals surface area contributed by atoms with Crippen LogP contribution >= 0.6 is 0 Å². The van der Waals surface area contributed by atoms with Crippen LogP contribution in [0.1, 0.15) is 55.9 Å². The molecule has 0 atom stereocenters. The molecule has 2 heterocycles. The molecule has 0 radical (unpaired) electrons. The summed E-state index contributed by atoms with van der Waals surface area (Å²) in [5.41, 5.74) is 1.36. The molecular formula is C35H35F3N6O5. The largest absolute Gasteiger partial charge is 0.416 e. The van der Waals surface area contributed by atoms with Gasteiger partial charge < -0.3 is 25.4 Å². The Labute approximate surface area is 280 Å². The van der Waals surface area contributed by atoms with Gasteiger partial charge in [0.05, 0.1) is 36.6 Å². The van der Waals surface area contributed by atoms with Crippen molar-refractivity contribution in [1.82, 2.24) is 15.3 Å². The van der Waals surface area contributed by atoms with Gasteiger partial charge in [0.15, 0.2) is 0 Å². The number of carbonyl (C=O) groups is 3. The molecule has 1 aromatic heterocycles. The number of piperidine rings is 1. The van der Waals surface area contributed by atoms with Gasteiger partial charge in [-0.1, -0.05) is 18.2 Å². The Kier molecular flexibility index (Phi) is 11.5. The SMILES string of the molecule is O=C(NCCOCCO)c1cccc(C(=O)Nc2ccc(N3CCCCC3)cc2C(=O)Nc2ncc(-c3cccc(C(F)(F)F)c3)cn2)c1. The van der Waals surface area contributed by atoms with Crippen LogP contribution in [-0.4, -0.2) is 72.3 Å². The summed E-state index contributed by atoms with van der Waals surface area (Å²) in [6.07, 6.45) is 1.25. The van der Waals surface area contributed by atoms with E-state index in [2.05, 4.69) is 30.8 Å². The van der Waals surface area contributed by atoms with Crippen LogP contribution in [0.25, 0.3) is 11.1 Å². The van der Waals surface area contributed by atoms with E-state index in [1.807, 2.05) is 6.07 Å². The molecule has 1 aliphatic heterocycles. The van der Waals surface area contributed by atoms with Crippen LogP contribution in [0.4, 0.5) is 30.5 Å². The molecular weight excluding hydrogens is 641 g/mol. The molecule has 11 nitrogen and oxygen atoms in total. The Morgan fingerprint density at radius 1 is 0.796 bits per heavy atom. The average molecular weight is 677 g/mol. The maximum Gasteiger partial charge on any atom is 0.416 e. The van der Waals surface area contributed by atoms with Gasteiger partial charge in [0.25, 0.3) is 17.7 Å². The Morgan fingerprint density at radius 3 is 2.22 bits per heavy atom. The molecule has 3 aromatic carbocycles. The number of rotatable bonds is 12. The van der Waals surface area contributed by atoms with E-state index < -0.39 is 29.5 Å². The number of halogens is 3. The van der Waals surface area contributed by atoms with Gasteiger partial charge in [0, 0.05) is 54.4 Å². The van der Waals surface area contributed by atoms with Crippen LogP contribution in [0, 0.1) is 0 Å². The average Bonchev–Trinajstić information content (AvgIpc) is 3.12. The van der Waals surface area contributed by atoms with Crippen molar-refractivity contribution in [2.75, 3.05) is 55.0 Å². The summed E-state index contributed by atoms with van der Waals surface area (Å²) < 4.78 is 44.7. The number of hydrogen-bond donors (Lipinski definition) is 4. The quantitative estimate of drug-likeness (QED) is 0.146. The van der Waals surface area contributed by atoms with Gasteiger partial charge >= 0.3 is 6.18 Å². The van der Waals surface area contributed by atoms with E-state index in [9.17, 15) is 27.6 Å². The van der Waals surface area contributed by atoms with E-state index in [4.69, 9.17) is 9.84 Å². The number of carbonyl (C=O) groups excluding carboxylic acids is 3. The third-order valence-electron chi connectivity index (χ3n) is 7.77. The van der Waals surface area contributed by atoms with E-state index in [0.29, 0.717) is 5.56 Å². The van der Waals surface area contributed by atoms with Gasteiger partial charge in [-0.3, -0.25) is 19.7 Å². The van der Waals surface area contributed by atoms with E-state index in [1.54, 1.807) is 24.3 Å². The minimum atomic E-state index is -4.50. The number of hydrogen-bond acceptors (Lipinski definition) is 8. The van der Waals surface area contributed by atoms with Crippen molar-refractivity contribution in [3.05, 3.63) is 101 Å². The topological polar surface area (TPSA) is 146 Å². The fourth-order valence-electron chi connectivity index (χ4n) is 5.27. The number of alkyl halides is 3. The van der Waals surface area contributed by atoms with E-state index in [0.717, 1.165) is 50.2 Å². The van der Waals surface area contributed by atoms with Crippen molar-refractivity contribution in [2.45, 2.75) is 25.4 Å². The van der Waals surface area contributed by atoms with Crippen LogP contribution in [0.2, 0.25) is 0 Å². The van der Waals surface area contributed by atoms with Crippen LogP contribution in [-0.2, 0) is 10.9 Å². The number of nitrogens with zero attached hydrogens (tertiary/aromatic N) is 3. The maximum absolute atomic E-state index is 13.6. The van der Waals surface area contributed by atoms with Gasteiger partial charge in [0.2, 0.25) is 5.95 Å². The minimum Gasteiger partial charge on any atom is -0.394 e. The monoisotopic (exact) mass is 676 g/mol. The van der Waals surface area contributed by atoms with Crippen molar-refractivity contribution in [2.24, 2.45) is 0 Å². The van der Waals surface area contributed by atoms with Gasteiger partial charge in [-0.15, -0.1) is 0 Å². The fraction of sp³-hybridized carbons (Fsp3) is 0.286. The third-order valence-corrected chi connectivity index (χ3v) is 7.77. The molecule has 0 saturated carbocycles. The first kappa shape index (κ1) is 35.0. The molecule has 3 amide bonds. The predicted molar refractivity (Wildman–Crippen MR) is 178 cm³/mol. The van der Waals surface area contributed by atoms with Gasteiger partial charge in [-0.05, 0) is 73.4 Å². The summed E-state index contributed by atoms with van der Waals surface area (Å²) in [7, 11) is 0. The van der Waals surface area contributed by atoms with Crippen LogP contribution < -0.4 is 20.9 Å². The van der Waals surface area contributed by atoms with E-state index in [1.165, 1.54) is 36.7 Å². The number of benzene rings is 3. The Balaban J connectivity index is 1.34. The smallest absolute Gasteiger partial charge is 0.394 e. The predicted octanol–water partition coefficient (Wildman–Crippen LogP) is 5.40. The number of nitrogens with one attached hydrogen (secondary N) is 3.